The number of ether oxygens (including phenoxy) is 1. The van der Waals surface area contributed by atoms with Gasteiger partial charge in [-0.05, 0) is 38.5 Å². The van der Waals surface area contributed by atoms with Crippen molar-refractivity contribution >= 4 is 5.97 Å². The van der Waals surface area contributed by atoms with Crippen molar-refractivity contribution < 1.29 is 19.7 Å². The predicted octanol–water partition coefficient (Wildman–Crippen LogP) is 4.17. The third kappa shape index (κ3) is 10.2. The van der Waals surface area contributed by atoms with E-state index in [4.69, 9.17) is 9.84 Å². The van der Waals surface area contributed by atoms with E-state index in [1.807, 2.05) is 18.2 Å². The summed E-state index contributed by atoms with van der Waals surface area (Å²) >= 11 is 0. The Kier molecular flexibility index (Phi) is 10.8. The molecule has 3 atom stereocenters. The molecule has 1 rings (SSSR count). The van der Waals surface area contributed by atoms with Crippen LogP contribution < -0.4 is 0 Å². The second-order valence-electron chi connectivity index (χ2n) is 5.87. The molecule has 2 N–H and O–H groups in total. The predicted molar refractivity (Wildman–Crippen MR) is 96.9 cm³/mol. The zero-order valence-corrected chi connectivity index (χ0v) is 14.5. The van der Waals surface area contributed by atoms with Crippen LogP contribution in [-0.4, -0.2) is 34.5 Å². The minimum atomic E-state index is -0.752. The highest BCUT2D eigenvalue weighted by molar-refractivity contribution is 5.66. The van der Waals surface area contributed by atoms with Gasteiger partial charge in [0.25, 0.3) is 0 Å². The highest BCUT2D eigenvalue weighted by Crippen LogP contribution is 2.29. The number of aliphatic hydroxyl groups excluding tert-OH is 1. The summed E-state index contributed by atoms with van der Waals surface area (Å²) in [5.41, 5.74) is 0. The number of rotatable bonds is 13. The molecule has 0 aromatic heterocycles. The number of unbranched alkanes of at least 4 members (excludes halogenated alkanes) is 1. The topological polar surface area (TPSA) is 70.1 Å². The monoisotopic (exact) mass is 334 g/mol. The zero-order chi connectivity index (χ0) is 17.6. The molecule has 1 aliphatic rings. The lowest BCUT2D eigenvalue weighted by molar-refractivity contribution is -0.137. The molecule has 24 heavy (non-hydrogen) atoms. The van der Waals surface area contributed by atoms with Crippen molar-refractivity contribution in [3.05, 3.63) is 48.6 Å². The molecular weight excluding hydrogens is 304 g/mol. The lowest BCUT2D eigenvalue weighted by Gasteiger charge is -1.99. The highest BCUT2D eigenvalue weighted by atomic mass is 16.6. The Morgan fingerprint density at radius 2 is 1.79 bits per heavy atom. The van der Waals surface area contributed by atoms with Gasteiger partial charge in [0.05, 0.1) is 6.10 Å². The van der Waals surface area contributed by atoms with E-state index in [9.17, 15) is 9.90 Å². The van der Waals surface area contributed by atoms with E-state index in [1.54, 1.807) is 6.08 Å². The molecule has 1 aliphatic heterocycles. The first kappa shape index (κ1) is 20.4. The summed E-state index contributed by atoms with van der Waals surface area (Å²) in [5.74, 6) is -0.752. The first-order valence-corrected chi connectivity index (χ1v) is 8.82. The van der Waals surface area contributed by atoms with E-state index in [0.717, 1.165) is 32.1 Å². The SMILES string of the molecule is CC/C=C\C/C=C\C[C@H]1O[C@@H]1[C@@H](O)/C=C\C/C=C\CCCC(=O)O. The molecule has 1 heterocycles. The van der Waals surface area contributed by atoms with Gasteiger partial charge in [-0.2, -0.15) is 0 Å². The molecule has 1 fully saturated rings. The molecule has 4 heteroatoms. The molecule has 134 valence electrons. The second kappa shape index (κ2) is 12.7. The minimum Gasteiger partial charge on any atom is -0.481 e. The largest absolute Gasteiger partial charge is 0.481 e. The van der Waals surface area contributed by atoms with E-state index < -0.39 is 12.1 Å². The van der Waals surface area contributed by atoms with Gasteiger partial charge in [0.2, 0.25) is 0 Å². The first-order valence-electron chi connectivity index (χ1n) is 8.82. The number of hydrogen-bond donors (Lipinski definition) is 2. The zero-order valence-electron chi connectivity index (χ0n) is 14.5. The van der Waals surface area contributed by atoms with Crippen molar-refractivity contribution in [2.45, 2.75) is 70.2 Å². The number of aliphatic hydroxyl groups is 1. The molecule has 0 radical (unpaired) electrons. The van der Waals surface area contributed by atoms with E-state index in [-0.39, 0.29) is 18.6 Å². The van der Waals surface area contributed by atoms with Gasteiger partial charge in [0, 0.05) is 6.42 Å². The Morgan fingerprint density at radius 3 is 2.54 bits per heavy atom. The van der Waals surface area contributed by atoms with Crippen LogP contribution in [0.5, 0.6) is 0 Å². The second-order valence-corrected chi connectivity index (χ2v) is 5.87. The van der Waals surface area contributed by atoms with Gasteiger partial charge >= 0.3 is 5.97 Å². The maximum atomic E-state index is 10.3. The molecule has 0 saturated carbocycles. The number of aliphatic carboxylic acids is 1. The van der Waals surface area contributed by atoms with Crippen LogP contribution in [0, 0.1) is 0 Å². The van der Waals surface area contributed by atoms with Crippen molar-refractivity contribution in [3.8, 4) is 0 Å². The molecule has 0 amide bonds. The van der Waals surface area contributed by atoms with Crippen molar-refractivity contribution in [1.29, 1.82) is 0 Å². The fourth-order valence-corrected chi connectivity index (χ4v) is 2.31. The van der Waals surface area contributed by atoms with Crippen LogP contribution in [0.3, 0.4) is 0 Å². The summed E-state index contributed by atoms with van der Waals surface area (Å²) in [4.78, 5) is 10.3. The van der Waals surface area contributed by atoms with Gasteiger partial charge in [-0.25, -0.2) is 0 Å². The summed E-state index contributed by atoms with van der Waals surface area (Å²) in [5, 5.41) is 18.5. The Labute approximate surface area is 145 Å². The molecule has 0 bridgehead atoms. The van der Waals surface area contributed by atoms with Gasteiger partial charge in [-0.3, -0.25) is 4.79 Å². The number of hydrogen-bond acceptors (Lipinski definition) is 3. The fourth-order valence-electron chi connectivity index (χ4n) is 2.31. The van der Waals surface area contributed by atoms with Crippen molar-refractivity contribution in [1.82, 2.24) is 0 Å². The van der Waals surface area contributed by atoms with E-state index in [1.165, 1.54) is 0 Å². The Hall–Kier alpha value is -1.65. The van der Waals surface area contributed by atoms with Gasteiger partial charge in [0.1, 0.15) is 12.2 Å². The summed E-state index contributed by atoms with van der Waals surface area (Å²) in [6.07, 6.45) is 20.9. The number of allylic oxidation sites excluding steroid dienone is 6. The summed E-state index contributed by atoms with van der Waals surface area (Å²) in [6.45, 7) is 2.12. The van der Waals surface area contributed by atoms with Crippen molar-refractivity contribution in [3.63, 3.8) is 0 Å². The lowest BCUT2D eigenvalue weighted by Crippen LogP contribution is -2.13. The van der Waals surface area contributed by atoms with Crippen LogP contribution in [0.1, 0.15) is 51.9 Å². The normalized spacial score (nSPS) is 22.2. The third-order valence-corrected chi connectivity index (χ3v) is 3.70. The molecule has 0 aromatic rings. The van der Waals surface area contributed by atoms with Crippen LogP contribution in [0.25, 0.3) is 0 Å². The maximum absolute atomic E-state index is 10.3. The number of carboxylic acids is 1. The highest BCUT2D eigenvalue weighted by Gasteiger charge is 2.42. The van der Waals surface area contributed by atoms with Crippen LogP contribution >= 0.6 is 0 Å². The number of epoxide rings is 1. The molecule has 0 unspecified atom stereocenters. The van der Waals surface area contributed by atoms with Crippen molar-refractivity contribution in [2.24, 2.45) is 0 Å². The number of carboxylic acid groups (broad SMARTS) is 1. The summed E-state index contributed by atoms with van der Waals surface area (Å²) < 4.78 is 5.49. The van der Waals surface area contributed by atoms with E-state index in [2.05, 4.69) is 31.2 Å². The van der Waals surface area contributed by atoms with Gasteiger partial charge in [0.15, 0.2) is 0 Å². The Morgan fingerprint density at radius 1 is 1.08 bits per heavy atom. The van der Waals surface area contributed by atoms with Gasteiger partial charge in [-0.1, -0.05) is 55.5 Å². The van der Waals surface area contributed by atoms with Crippen molar-refractivity contribution in [2.75, 3.05) is 0 Å². The molecular formula is C20H30O4. The maximum Gasteiger partial charge on any atom is 0.303 e. The molecule has 0 spiro atoms. The van der Waals surface area contributed by atoms with Gasteiger partial charge in [-0.15, -0.1) is 0 Å². The smallest absolute Gasteiger partial charge is 0.303 e. The average molecular weight is 334 g/mol. The van der Waals surface area contributed by atoms with Crippen LogP contribution in [0.4, 0.5) is 0 Å². The van der Waals surface area contributed by atoms with Crippen LogP contribution in [0.2, 0.25) is 0 Å². The first-order chi connectivity index (χ1) is 11.6. The fraction of sp³-hybridized carbons (Fsp3) is 0.550. The van der Waals surface area contributed by atoms with E-state index in [0.29, 0.717) is 6.42 Å². The molecule has 0 aliphatic carbocycles. The third-order valence-electron chi connectivity index (χ3n) is 3.70. The average Bonchev–Trinajstić information content (AvgIpc) is 3.32. The summed E-state index contributed by atoms with van der Waals surface area (Å²) in [6, 6.07) is 0. The quantitative estimate of drug-likeness (QED) is 0.301. The van der Waals surface area contributed by atoms with Crippen LogP contribution in [0.15, 0.2) is 48.6 Å². The standard InChI is InChI=1S/C20H30O4/c1-2-3-4-5-9-12-15-18-20(24-18)17(21)14-11-8-6-7-10-13-16-19(22)23/h3-4,6-7,9,11-12,14,17-18,20-21H,2,5,8,10,13,15-16H2,1H3,(H,22,23)/b4-3-,7-6-,12-9-,14-11-/t17-,18+,20+/m0/s1. The minimum absolute atomic E-state index is 0.0865. The lowest BCUT2D eigenvalue weighted by atomic mass is 10.1. The summed E-state index contributed by atoms with van der Waals surface area (Å²) in [7, 11) is 0. The molecule has 0 aromatic carbocycles. The number of carbonyl (C=O) groups is 1. The van der Waals surface area contributed by atoms with Gasteiger partial charge < -0.3 is 14.9 Å². The van der Waals surface area contributed by atoms with Crippen LogP contribution in [-0.2, 0) is 9.53 Å². The van der Waals surface area contributed by atoms with E-state index >= 15 is 0 Å². The molecule has 1 saturated heterocycles. The Balaban J connectivity index is 2.07. The Bertz CT molecular complexity index is 462. The molecule has 4 nitrogen and oxygen atoms in total.